The lowest BCUT2D eigenvalue weighted by atomic mass is 10.1. The summed E-state index contributed by atoms with van der Waals surface area (Å²) in [6.45, 7) is 9.38. The fraction of sp³-hybridized carbons (Fsp3) is 0.400. The SMILES string of the molecule is Cc1cccc(-n2cncc2CNC(C)(C)C)c1Br. The molecule has 0 aliphatic heterocycles. The Labute approximate surface area is 123 Å². The minimum absolute atomic E-state index is 0.0962. The molecule has 0 spiro atoms. The van der Waals surface area contributed by atoms with Gasteiger partial charge in [0.2, 0.25) is 0 Å². The lowest BCUT2D eigenvalue weighted by Gasteiger charge is -2.21. The smallest absolute Gasteiger partial charge is 0.0995 e. The van der Waals surface area contributed by atoms with Crippen LogP contribution in [0.25, 0.3) is 5.69 Å². The number of nitrogens with zero attached hydrogens (tertiary/aromatic N) is 2. The standard InChI is InChI=1S/C15H20BrN3/c1-11-6-5-7-13(14(11)16)19-10-17-8-12(19)9-18-15(2,3)4/h5-8,10,18H,9H2,1-4H3. The molecule has 0 aliphatic rings. The monoisotopic (exact) mass is 321 g/mol. The summed E-state index contributed by atoms with van der Waals surface area (Å²) >= 11 is 3.66. The zero-order chi connectivity index (χ0) is 14.0. The first kappa shape index (κ1) is 14.3. The van der Waals surface area contributed by atoms with Crippen LogP contribution in [0, 0.1) is 6.92 Å². The van der Waals surface area contributed by atoms with Crippen molar-refractivity contribution in [2.75, 3.05) is 0 Å². The highest BCUT2D eigenvalue weighted by atomic mass is 79.9. The topological polar surface area (TPSA) is 29.9 Å². The third-order valence-corrected chi connectivity index (χ3v) is 3.98. The van der Waals surface area contributed by atoms with Gasteiger partial charge in [0, 0.05) is 22.8 Å². The number of nitrogens with one attached hydrogen (secondary N) is 1. The molecule has 0 saturated carbocycles. The molecule has 0 saturated heterocycles. The molecule has 0 atom stereocenters. The van der Waals surface area contributed by atoms with E-state index >= 15 is 0 Å². The Kier molecular flexibility index (Phi) is 4.11. The molecule has 0 fully saturated rings. The van der Waals surface area contributed by atoms with Crippen molar-refractivity contribution in [3.8, 4) is 5.69 Å². The fourth-order valence-corrected chi connectivity index (χ4v) is 2.30. The van der Waals surface area contributed by atoms with E-state index in [-0.39, 0.29) is 5.54 Å². The van der Waals surface area contributed by atoms with Crippen LogP contribution in [0.1, 0.15) is 32.0 Å². The first-order valence-electron chi connectivity index (χ1n) is 6.40. The number of rotatable bonds is 3. The van der Waals surface area contributed by atoms with Crippen molar-refractivity contribution in [1.29, 1.82) is 0 Å². The Balaban J connectivity index is 2.31. The largest absolute Gasteiger partial charge is 0.306 e. The zero-order valence-electron chi connectivity index (χ0n) is 11.9. The van der Waals surface area contributed by atoms with Crippen molar-refractivity contribution in [1.82, 2.24) is 14.9 Å². The minimum atomic E-state index is 0.0962. The Morgan fingerprint density at radius 3 is 2.74 bits per heavy atom. The molecule has 3 nitrogen and oxygen atoms in total. The van der Waals surface area contributed by atoms with Crippen molar-refractivity contribution >= 4 is 15.9 Å². The van der Waals surface area contributed by atoms with Gasteiger partial charge in [0.25, 0.3) is 0 Å². The molecule has 0 radical (unpaired) electrons. The number of hydrogen-bond donors (Lipinski definition) is 1. The van der Waals surface area contributed by atoms with Crippen LogP contribution in [-0.4, -0.2) is 15.1 Å². The second-order valence-electron chi connectivity index (χ2n) is 5.77. The van der Waals surface area contributed by atoms with Crippen molar-refractivity contribution in [2.24, 2.45) is 0 Å². The molecule has 1 N–H and O–H groups in total. The van der Waals surface area contributed by atoms with E-state index in [1.165, 1.54) is 5.56 Å². The van der Waals surface area contributed by atoms with Crippen molar-refractivity contribution in [3.05, 3.63) is 46.5 Å². The third-order valence-electron chi connectivity index (χ3n) is 2.95. The molecule has 0 bridgehead atoms. The highest BCUT2D eigenvalue weighted by Crippen LogP contribution is 2.25. The van der Waals surface area contributed by atoms with E-state index in [4.69, 9.17) is 0 Å². The van der Waals surface area contributed by atoms with E-state index in [1.54, 1.807) is 0 Å². The molecule has 2 rings (SSSR count). The van der Waals surface area contributed by atoms with Gasteiger partial charge < -0.3 is 9.88 Å². The maximum atomic E-state index is 4.27. The summed E-state index contributed by atoms with van der Waals surface area (Å²) in [7, 11) is 0. The molecule has 1 aromatic heterocycles. The number of hydrogen-bond acceptors (Lipinski definition) is 2. The average molecular weight is 322 g/mol. The van der Waals surface area contributed by atoms with Crippen LogP contribution in [0.3, 0.4) is 0 Å². The Bertz CT molecular complexity index is 567. The van der Waals surface area contributed by atoms with Gasteiger partial charge in [-0.3, -0.25) is 0 Å². The van der Waals surface area contributed by atoms with Gasteiger partial charge in [0.05, 0.1) is 17.7 Å². The molecule has 0 aliphatic carbocycles. The van der Waals surface area contributed by atoms with E-state index < -0.39 is 0 Å². The van der Waals surface area contributed by atoms with Crippen LogP contribution in [0.2, 0.25) is 0 Å². The second-order valence-corrected chi connectivity index (χ2v) is 6.56. The first-order chi connectivity index (χ1) is 8.88. The summed E-state index contributed by atoms with van der Waals surface area (Å²) in [5.74, 6) is 0. The predicted molar refractivity (Wildman–Crippen MR) is 82.6 cm³/mol. The summed E-state index contributed by atoms with van der Waals surface area (Å²) in [5.41, 5.74) is 3.60. The van der Waals surface area contributed by atoms with Crippen molar-refractivity contribution in [2.45, 2.75) is 39.8 Å². The van der Waals surface area contributed by atoms with Gasteiger partial charge in [-0.2, -0.15) is 0 Å². The highest BCUT2D eigenvalue weighted by molar-refractivity contribution is 9.10. The summed E-state index contributed by atoms with van der Waals surface area (Å²) in [5, 5.41) is 3.49. The van der Waals surface area contributed by atoms with E-state index in [2.05, 4.69) is 76.7 Å². The van der Waals surface area contributed by atoms with Crippen LogP contribution in [-0.2, 0) is 6.54 Å². The van der Waals surface area contributed by atoms with Gasteiger partial charge in [0.15, 0.2) is 0 Å². The molecule has 1 heterocycles. The van der Waals surface area contributed by atoms with Gasteiger partial charge in [0.1, 0.15) is 0 Å². The van der Waals surface area contributed by atoms with E-state index in [0.717, 1.165) is 22.4 Å². The van der Waals surface area contributed by atoms with E-state index in [9.17, 15) is 0 Å². The predicted octanol–water partition coefficient (Wildman–Crippen LogP) is 3.83. The highest BCUT2D eigenvalue weighted by Gasteiger charge is 2.12. The fourth-order valence-electron chi connectivity index (χ4n) is 1.84. The van der Waals surface area contributed by atoms with E-state index in [0.29, 0.717) is 0 Å². The van der Waals surface area contributed by atoms with Gasteiger partial charge >= 0.3 is 0 Å². The zero-order valence-corrected chi connectivity index (χ0v) is 13.5. The Hall–Kier alpha value is -1.13. The molecular formula is C15H20BrN3. The molecule has 1 aromatic carbocycles. The van der Waals surface area contributed by atoms with Gasteiger partial charge in [-0.15, -0.1) is 0 Å². The summed E-state index contributed by atoms with van der Waals surface area (Å²) < 4.78 is 3.24. The second kappa shape index (κ2) is 5.47. The molecule has 4 heteroatoms. The van der Waals surface area contributed by atoms with E-state index in [1.807, 2.05) is 12.5 Å². The van der Waals surface area contributed by atoms with Gasteiger partial charge in [-0.05, 0) is 55.3 Å². The third kappa shape index (κ3) is 3.45. The number of halogens is 1. The lowest BCUT2D eigenvalue weighted by molar-refractivity contribution is 0.419. The molecule has 0 unspecified atom stereocenters. The Morgan fingerprint density at radius 2 is 2.05 bits per heavy atom. The molecule has 2 aromatic rings. The quantitative estimate of drug-likeness (QED) is 0.931. The average Bonchev–Trinajstić information content (AvgIpc) is 2.77. The summed E-state index contributed by atoms with van der Waals surface area (Å²) in [6, 6.07) is 6.26. The van der Waals surface area contributed by atoms with Crippen molar-refractivity contribution < 1.29 is 0 Å². The molecular weight excluding hydrogens is 302 g/mol. The maximum Gasteiger partial charge on any atom is 0.0995 e. The number of imidazole rings is 1. The van der Waals surface area contributed by atoms with Gasteiger partial charge in [-0.1, -0.05) is 12.1 Å². The minimum Gasteiger partial charge on any atom is -0.306 e. The first-order valence-corrected chi connectivity index (χ1v) is 7.19. The number of benzene rings is 1. The van der Waals surface area contributed by atoms with Crippen LogP contribution in [0.15, 0.2) is 35.2 Å². The van der Waals surface area contributed by atoms with Crippen LogP contribution in [0.4, 0.5) is 0 Å². The number of aryl methyl sites for hydroxylation is 1. The molecule has 19 heavy (non-hydrogen) atoms. The lowest BCUT2D eigenvalue weighted by Crippen LogP contribution is -2.35. The maximum absolute atomic E-state index is 4.27. The van der Waals surface area contributed by atoms with Crippen LogP contribution >= 0.6 is 15.9 Å². The van der Waals surface area contributed by atoms with Crippen molar-refractivity contribution in [3.63, 3.8) is 0 Å². The Morgan fingerprint density at radius 1 is 1.32 bits per heavy atom. The normalized spacial score (nSPS) is 11.8. The van der Waals surface area contributed by atoms with Crippen LogP contribution in [0.5, 0.6) is 0 Å². The molecule has 102 valence electrons. The van der Waals surface area contributed by atoms with Gasteiger partial charge in [-0.25, -0.2) is 4.98 Å². The molecule has 0 amide bonds. The summed E-state index contributed by atoms with van der Waals surface area (Å²) in [4.78, 5) is 4.27. The van der Waals surface area contributed by atoms with Crippen LogP contribution < -0.4 is 5.32 Å². The number of aromatic nitrogens is 2. The summed E-state index contributed by atoms with van der Waals surface area (Å²) in [6.07, 6.45) is 3.77.